The SMILES string of the molecule is C[C@](O)(c1ccccn1)C(F)(F)F. The smallest absolute Gasteiger partial charge is 0.375 e. The Morgan fingerprint density at radius 1 is 1.31 bits per heavy atom. The van der Waals surface area contributed by atoms with Crippen molar-refractivity contribution in [2.24, 2.45) is 0 Å². The lowest BCUT2D eigenvalue weighted by atomic mass is 10.0. The first-order chi connectivity index (χ1) is 5.86. The van der Waals surface area contributed by atoms with Crippen LogP contribution in [-0.4, -0.2) is 16.3 Å². The number of nitrogens with zero attached hydrogens (tertiary/aromatic N) is 1. The first-order valence-electron chi connectivity index (χ1n) is 3.56. The van der Waals surface area contributed by atoms with Crippen molar-refractivity contribution in [1.82, 2.24) is 4.98 Å². The molecule has 0 unspecified atom stereocenters. The Labute approximate surface area is 73.0 Å². The lowest BCUT2D eigenvalue weighted by Gasteiger charge is -2.25. The van der Waals surface area contributed by atoms with Gasteiger partial charge in [-0.2, -0.15) is 13.2 Å². The summed E-state index contributed by atoms with van der Waals surface area (Å²) in [7, 11) is 0. The fourth-order valence-corrected chi connectivity index (χ4v) is 0.796. The van der Waals surface area contributed by atoms with Crippen molar-refractivity contribution < 1.29 is 18.3 Å². The van der Waals surface area contributed by atoms with Crippen molar-refractivity contribution in [2.45, 2.75) is 18.7 Å². The van der Waals surface area contributed by atoms with E-state index in [2.05, 4.69) is 4.98 Å². The predicted molar refractivity (Wildman–Crippen MR) is 39.9 cm³/mol. The second-order valence-corrected chi connectivity index (χ2v) is 2.78. The van der Waals surface area contributed by atoms with Crippen LogP contribution < -0.4 is 0 Å². The summed E-state index contributed by atoms with van der Waals surface area (Å²) in [4.78, 5) is 3.45. The van der Waals surface area contributed by atoms with Gasteiger partial charge in [-0.15, -0.1) is 0 Å². The second kappa shape index (κ2) is 2.99. The van der Waals surface area contributed by atoms with Crippen molar-refractivity contribution in [3.05, 3.63) is 30.1 Å². The fourth-order valence-electron chi connectivity index (χ4n) is 0.796. The van der Waals surface area contributed by atoms with E-state index in [9.17, 15) is 13.2 Å². The molecule has 1 N–H and O–H groups in total. The Kier molecular flexibility index (Phi) is 2.30. The van der Waals surface area contributed by atoms with E-state index in [1.54, 1.807) is 0 Å². The number of hydrogen-bond donors (Lipinski definition) is 1. The fraction of sp³-hybridized carbons (Fsp3) is 0.375. The molecule has 0 aliphatic carbocycles. The van der Waals surface area contributed by atoms with Crippen molar-refractivity contribution >= 4 is 0 Å². The van der Waals surface area contributed by atoms with Crippen molar-refractivity contribution in [3.8, 4) is 0 Å². The number of halogens is 3. The highest BCUT2D eigenvalue weighted by molar-refractivity contribution is 5.13. The van der Waals surface area contributed by atoms with E-state index >= 15 is 0 Å². The molecule has 0 aliphatic rings. The number of pyridine rings is 1. The minimum atomic E-state index is -4.71. The number of aromatic nitrogens is 1. The van der Waals surface area contributed by atoms with Crippen LogP contribution >= 0.6 is 0 Å². The van der Waals surface area contributed by atoms with Gasteiger partial charge in [-0.05, 0) is 19.1 Å². The van der Waals surface area contributed by atoms with Crippen LogP contribution in [0.15, 0.2) is 24.4 Å². The molecular formula is C8H8F3NO. The average molecular weight is 191 g/mol. The minimum Gasteiger partial charge on any atom is -0.375 e. The summed E-state index contributed by atoms with van der Waals surface area (Å²) in [5.74, 6) is 0. The maximum absolute atomic E-state index is 12.2. The largest absolute Gasteiger partial charge is 0.422 e. The molecule has 1 atom stereocenters. The van der Waals surface area contributed by atoms with Crippen LogP contribution in [0.2, 0.25) is 0 Å². The Balaban J connectivity index is 3.08. The average Bonchev–Trinajstić information content (AvgIpc) is 2.04. The van der Waals surface area contributed by atoms with Crippen LogP contribution in [0.1, 0.15) is 12.6 Å². The van der Waals surface area contributed by atoms with E-state index in [0.717, 1.165) is 6.07 Å². The number of aliphatic hydroxyl groups is 1. The molecule has 2 nitrogen and oxygen atoms in total. The van der Waals surface area contributed by atoms with Gasteiger partial charge in [0.05, 0.1) is 5.69 Å². The van der Waals surface area contributed by atoms with E-state index in [4.69, 9.17) is 5.11 Å². The standard InChI is InChI=1S/C8H8F3NO/c1-7(13,8(9,10)11)6-4-2-3-5-12-6/h2-5,13H,1H3/t7-/m0/s1. The van der Waals surface area contributed by atoms with Gasteiger partial charge in [0.2, 0.25) is 0 Å². The highest BCUT2D eigenvalue weighted by atomic mass is 19.4. The van der Waals surface area contributed by atoms with Crippen LogP contribution in [0.4, 0.5) is 13.2 Å². The van der Waals surface area contributed by atoms with Crippen molar-refractivity contribution in [3.63, 3.8) is 0 Å². The summed E-state index contributed by atoms with van der Waals surface area (Å²) in [5.41, 5.74) is -3.28. The summed E-state index contributed by atoms with van der Waals surface area (Å²) in [6, 6.07) is 4.01. The van der Waals surface area contributed by atoms with Gasteiger partial charge in [-0.1, -0.05) is 6.07 Å². The van der Waals surface area contributed by atoms with Crippen LogP contribution in [0.3, 0.4) is 0 Å². The molecule has 1 rings (SSSR count). The summed E-state index contributed by atoms with van der Waals surface area (Å²) in [5, 5.41) is 9.13. The molecule has 72 valence electrons. The lowest BCUT2D eigenvalue weighted by Crippen LogP contribution is -2.39. The van der Waals surface area contributed by atoms with Crippen LogP contribution in [-0.2, 0) is 5.60 Å². The Morgan fingerprint density at radius 3 is 2.31 bits per heavy atom. The van der Waals surface area contributed by atoms with Gasteiger partial charge < -0.3 is 5.11 Å². The van der Waals surface area contributed by atoms with E-state index in [-0.39, 0.29) is 0 Å². The molecule has 0 saturated carbocycles. The molecule has 0 radical (unpaired) electrons. The van der Waals surface area contributed by atoms with Gasteiger partial charge in [0.25, 0.3) is 0 Å². The molecule has 1 aromatic heterocycles. The van der Waals surface area contributed by atoms with E-state index in [1.807, 2.05) is 0 Å². The summed E-state index contributed by atoms with van der Waals surface area (Å²) < 4.78 is 36.7. The quantitative estimate of drug-likeness (QED) is 0.734. The predicted octanol–water partition coefficient (Wildman–Crippen LogP) is 1.85. The Morgan fingerprint density at radius 2 is 1.92 bits per heavy atom. The third-order valence-corrected chi connectivity index (χ3v) is 1.72. The van der Waals surface area contributed by atoms with Gasteiger partial charge in [-0.25, -0.2) is 0 Å². The van der Waals surface area contributed by atoms with Crippen molar-refractivity contribution in [2.75, 3.05) is 0 Å². The van der Waals surface area contributed by atoms with Gasteiger partial charge >= 0.3 is 6.18 Å². The lowest BCUT2D eigenvalue weighted by molar-refractivity contribution is -0.260. The van der Waals surface area contributed by atoms with E-state index < -0.39 is 17.5 Å². The molecule has 0 bridgehead atoms. The third kappa shape index (κ3) is 1.80. The van der Waals surface area contributed by atoms with Gasteiger partial charge in [0.15, 0.2) is 5.60 Å². The van der Waals surface area contributed by atoms with Gasteiger partial charge in [0.1, 0.15) is 0 Å². The zero-order valence-corrected chi connectivity index (χ0v) is 6.84. The monoisotopic (exact) mass is 191 g/mol. The molecule has 0 aromatic carbocycles. The van der Waals surface area contributed by atoms with Crippen LogP contribution in [0.5, 0.6) is 0 Å². The van der Waals surface area contributed by atoms with Crippen molar-refractivity contribution in [1.29, 1.82) is 0 Å². The highest BCUT2D eigenvalue weighted by Gasteiger charge is 2.52. The van der Waals surface area contributed by atoms with Crippen LogP contribution in [0, 0.1) is 0 Å². The number of alkyl halides is 3. The normalized spacial score (nSPS) is 16.7. The summed E-state index contributed by atoms with van der Waals surface area (Å²) in [6.45, 7) is 0.676. The first-order valence-corrected chi connectivity index (χ1v) is 3.56. The molecule has 5 heteroatoms. The molecule has 0 amide bonds. The Hall–Kier alpha value is -1.10. The molecule has 0 spiro atoms. The van der Waals surface area contributed by atoms with Gasteiger partial charge in [0, 0.05) is 6.20 Å². The number of hydrogen-bond acceptors (Lipinski definition) is 2. The third-order valence-electron chi connectivity index (χ3n) is 1.72. The maximum atomic E-state index is 12.2. The molecule has 1 heterocycles. The molecule has 13 heavy (non-hydrogen) atoms. The summed E-state index contributed by atoms with van der Waals surface area (Å²) in [6.07, 6.45) is -3.50. The van der Waals surface area contributed by atoms with E-state index in [0.29, 0.717) is 6.92 Å². The van der Waals surface area contributed by atoms with Crippen LogP contribution in [0.25, 0.3) is 0 Å². The zero-order chi connectivity index (χ0) is 10.1. The topological polar surface area (TPSA) is 33.1 Å². The number of rotatable bonds is 1. The molecular weight excluding hydrogens is 183 g/mol. The van der Waals surface area contributed by atoms with Gasteiger partial charge in [-0.3, -0.25) is 4.98 Å². The second-order valence-electron chi connectivity index (χ2n) is 2.78. The molecule has 0 fully saturated rings. The minimum absolute atomic E-state index is 0.400. The highest BCUT2D eigenvalue weighted by Crippen LogP contribution is 2.36. The first kappa shape index (κ1) is 9.98. The molecule has 1 aromatic rings. The molecule has 0 saturated heterocycles. The zero-order valence-electron chi connectivity index (χ0n) is 6.84. The Bertz CT molecular complexity index is 281. The van der Waals surface area contributed by atoms with E-state index in [1.165, 1.54) is 18.3 Å². The molecule has 0 aliphatic heterocycles. The maximum Gasteiger partial charge on any atom is 0.422 e. The summed E-state index contributed by atoms with van der Waals surface area (Å²) >= 11 is 0.